The van der Waals surface area contributed by atoms with Gasteiger partial charge >= 0.3 is 0 Å². The van der Waals surface area contributed by atoms with E-state index in [-0.39, 0.29) is 6.10 Å². The molecule has 0 radical (unpaired) electrons. The molecule has 0 fully saturated rings. The van der Waals surface area contributed by atoms with Gasteiger partial charge in [0.15, 0.2) is 0 Å². The molecule has 0 bridgehead atoms. The minimum Gasteiger partial charge on any atom is -0.356 e. The average Bonchev–Trinajstić information content (AvgIpc) is 1.89. The summed E-state index contributed by atoms with van der Waals surface area (Å²) in [6.07, 6.45) is 0.233. The van der Waals surface area contributed by atoms with Gasteiger partial charge in [0.25, 0.3) is 0 Å². The van der Waals surface area contributed by atoms with Crippen molar-refractivity contribution in [1.29, 1.82) is 0 Å². The lowest BCUT2D eigenvalue weighted by atomic mass is 10.4. The van der Waals surface area contributed by atoms with Crippen molar-refractivity contribution in [3.63, 3.8) is 0 Å². The lowest BCUT2D eigenvalue weighted by molar-refractivity contribution is -0.0788. The summed E-state index contributed by atoms with van der Waals surface area (Å²) >= 11 is 0. The number of ether oxygens (including phenoxy) is 2. The summed E-state index contributed by atoms with van der Waals surface area (Å²) in [4.78, 5) is 0. The van der Waals surface area contributed by atoms with Crippen LogP contribution in [0.15, 0.2) is 0 Å². The van der Waals surface area contributed by atoms with Crippen LogP contribution in [0.25, 0.3) is 0 Å². The molecule has 0 rings (SSSR count). The van der Waals surface area contributed by atoms with Crippen molar-refractivity contribution in [3.05, 3.63) is 0 Å². The summed E-state index contributed by atoms with van der Waals surface area (Å²) in [6, 6.07) is 0. The van der Waals surface area contributed by atoms with Gasteiger partial charge in [-0.25, -0.2) is 0 Å². The topological polar surface area (TPSA) is 30.5 Å². The molecule has 1 N–H and O–H groups in total. The van der Waals surface area contributed by atoms with Gasteiger partial charge in [-0.1, -0.05) is 0 Å². The van der Waals surface area contributed by atoms with E-state index in [0.717, 1.165) is 6.54 Å². The fraction of sp³-hybridized carbons (Fsp3) is 1.00. The van der Waals surface area contributed by atoms with Crippen LogP contribution in [0.3, 0.4) is 0 Å². The van der Waals surface area contributed by atoms with Crippen LogP contribution in [0.4, 0.5) is 0 Å². The highest BCUT2D eigenvalue weighted by Crippen LogP contribution is 1.87. The molecule has 0 saturated carbocycles. The first-order valence-electron chi connectivity index (χ1n) is 3.65. The summed E-state index contributed by atoms with van der Waals surface area (Å²) in [5, 5.41) is 3.01. The van der Waals surface area contributed by atoms with E-state index in [1.54, 1.807) is 0 Å². The maximum absolute atomic E-state index is 5.24. The van der Waals surface area contributed by atoms with E-state index in [1.807, 2.05) is 20.9 Å². The number of hydrogen-bond donors (Lipinski definition) is 1. The highest BCUT2D eigenvalue weighted by molar-refractivity contribution is 4.49. The van der Waals surface area contributed by atoms with Gasteiger partial charge in [-0.3, -0.25) is 0 Å². The van der Waals surface area contributed by atoms with Crippen molar-refractivity contribution in [2.24, 2.45) is 0 Å². The van der Waals surface area contributed by atoms with Gasteiger partial charge in [-0.05, 0) is 20.9 Å². The van der Waals surface area contributed by atoms with Gasteiger partial charge < -0.3 is 14.8 Å². The summed E-state index contributed by atoms with van der Waals surface area (Å²) < 4.78 is 10.2. The molecule has 0 saturated heterocycles. The van der Waals surface area contributed by atoms with Crippen LogP contribution in [-0.2, 0) is 9.47 Å². The Labute approximate surface area is 62.7 Å². The summed E-state index contributed by atoms with van der Waals surface area (Å²) in [5.74, 6) is 0. The zero-order valence-electron chi connectivity index (χ0n) is 7.02. The zero-order valence-corrected chi connectivity index (χ0v) is 7.02. The molecule has 1 unspecified atom stereocenters. The molecule has 0 aliphatic heterocycles. The molecule has 3 nitrogen and oxygen atoms in total. The Morgan fingerprint density at radius 3 is 2.70 bits per heavy atom. The SMILES string of the molecule is CCOCOC(C)CNC. The fourth-order valence-corrected chi connectivity index (χ4v) is 0.594. The van der Waals surface area contributed by atoms with Crippen LogP contribution in [-0.4, -0.2) is 33.1 Å². The quantitative estimate of drug-likeness (QED) is 0.441. The Morgan fingerprint density at radius 2 is 2.20 bits per heavy atom. The van der Waals surface area contributed by atoms with Crippen LogP contribution in [0, 0.1) is 0 Å². The minimum absolute atomic E-state index is 0.233. The van der Waals surface area contributed by atoms with Crippen LogP contribution >= 0.6 is 0 Å². The molecular formula is C7H17NO2. The Bertz CT molecular complexity index is 68.6. The first-order valence-corrected chi connectivity index (χ1v) is 3.65. The molecule has 3 heteroatoms. The van der Waals surface area contributed by atoms with Gasteiger partial charge in [0.05, 0.1) is 6.10 Å². The summed E-state index contributed by atoms with van der Waals surface area (Å²) in [5.41, 5.74) is 0. The first-order chi connectivity index (χ1) is 4.81. The van der Waals surface area contributed by atoms with E-state index in [1.165, 1.54) is 0 Å². The van der Waals surface area contributed by atoms with Crippen molar-refractivity contribution < 1.29 is 9.47 Å². The van der Waals surface area contributed by atoms with E-state index in [4.69, 9.17) is 9.47 Å². The van der Waals surface area contributed by atoms with Crippen molar-refractivity contribution in [2.75, 3.05) is 27.0 Å². The van der Waals surface area contributed by atoms with E-state index >= 15 is 0 Å². The Kier molecular flexibility index (Phi) is 6.91. The first kappa shape index (κ1) is 9.88. The second kappa shape index (κ2) is 6.99. The third-order valence-electron chi connectivity index (χ3n) is 1.13. The molecule has 0 aliphatic carbocycles. The fourth-order valence-electron chi connectivity index (χ4n) is 0.594. The number of nitrogens with one attached hydrogen (secondary N) is 1. The monoisotopic (exact) mass is 147 g/mol. The molecule has 0 spiro atoms. The van der Waals surface area contributed by atoms with Crippen LogP contribution in [0.2, 0.25) is 0 Å². The molecule has 0 aliphatic rings. The lowest BCUT2D eigenvalue weighted by Gasteiger charge is -2.11. The normalized spacial score (nSPS) is 13.5. The van der Waals surface area contributed by atoms with Gasteiger partial charge in [0, 0.05) is 13.2 Å². The van der Waals surface area contributed by atoms with E-state index in [2.05, 4.69) is 5.32 Å². The maximum Gasteiger partial charge on any atom is 0.147 e. The lowest BCUT2D eigenvalue weighted by Crippen LogP contribution is -2.24. The molecule has 10 heavy (non-hydrogen) atoms. The summed E-state index contributed by atoms with van der Waals surface area (Å²) in [6.45, 7) is 5.94. The molecule has 0 amide bonds. The molecule has 0 aromatic rings. The third-order valence-corrected chi connectivity index (χ3v) is 1.13. The molecular weight excluding hydrogens is 130 g/mol. The minimum atomic E-state index is 0.233. The number of likely N-dealkylation sites (N-methyl/N-ethyl adjacent to an activating group) is 1. The van der Waals surface area contributed by atoms with Crippen LogP contribution in [0.1, 0.15) is 13.8 Å². The highest BCUT2D eigenvalue weighted by atomic mass is 16.7. The van der Waals surface area contributed by atoms with Gasteiger partial charge in [0.1, 0.15) is 6.79 Å². The number of rotatable bonds is 6. The third kappa shape index (κ3) is 6.01. The van der Waals surface area contributed by atoms with Crippen molar-refractivity contribution in [1.82, 2.24) is 5.32 Å². The molecule has 62 valence electrons. The molecule has 0 aromatic heterocycles. The molecule has 1 atom stereocenters. The van der Waals surface area contributed by atoms with Crippen LogP contribution in [0.5, 0.6) is 0 Å². The zero-order chi connectivity index (χ0) is 7.82. The van der Waals surface area contributed by atoms with Gasteiger partial charge in [-0.15, -0.1) is 0 Å². The Hall–Kier alpha value is -0.120. The van der Waals surface area contributed by atoms with Gasteiger partial charge in [-0.2, -0.15) is 0 Å². The largest absolute Gasteiger partial charge is 0.356 e. The predicted molar refractivity (Wildman–Crippen MR) is 41.0 cm³/mol. The molecule has 0 heterocycles. The Balaban J connectivity index is 2.97. The smallest absolute Gasteiger partial charge is 0.147 e. The highest BCUT2D eigenvalue weighted by Gasteiger charge is 1.97. The van der Waals surface area contributed by atoms with Gasteiger partial charge in [0.2, 0.25) is 0 Å². The van der Waals surface area contributed by atoms with Crippen molar-refractivity contribution in [3.8, 4) is 0 Å². The van der Waals surface area contributed by atoms with E-state index in [0.29, 0.717) is 13.4 Å². The van der Waals surface area contributed by atoms with Crippen molar-refractivity contribution >= 4 is 0 Å². The second-order valence-corrected chi connectivity index (χ2v) is 2.15. The maximum atomic E-state index is 5.24. The predicted octanol–water partition coefficient (Wildman–Crippen LogP) is 0.605. The second-order valence-electron chi connectivity index (χ2n) is 2.15. The summed E-state index contributed by atoms with van der Waals surface area (Å²) in [7, 11) is 1.90. The van der Waals surface area contributed by atoms with Crippen LogP contribution < -0.4 is 5.32 Å². The average molecular weight is 147 g/mol. The van der Waals surface area contributed by atoms with E-state index < -0.39 is 0 Å². The van der Waals surface area contributed by atoms with Crippen molar-refractivity contribution in [2.45, 2.75) is 20.0 Å². The number of hydrogen-bond acceptors (Lipinski definition) is 3. The van der Waals surface area contributed by atoms with E-state index in [9.17, 15) is 0 Å². The Morgan fingerprint density at radius 1 is 1.50 bits per heavy atom. The molecule has 0 aromatic carbocycles. The standard InChI is InChI=1S/C7H17NO2/c1-4-9-6-10-7(2)5-8-3/h7-8H,4-6H2,1-3H3.